The van der Waals surface area contributed by atoms with E-state index in [0.29, 0.717) is 12.6 Å². The minimum absolute atomic E-state index is 0.0313. The number of aromatic nitrogens is 3. The SMILES string of the molecule is CC(C)Cc1ccnc(-n2c3ccccc3c3ccc(Oc4cc(N5CN(c6cccc(C(C)(C)C)c6)c6ccccc65)cc(-n5c6ccccc6c6ccccc65)c4)cc32)c1. The van der Waals surface area contributed by atoms with E-state index in [-0.39, 0.29) is 5.41 Å². The zero-order valence-corrected chi connectivity index (χ0v) is 35.9. The number of benzene rings is 7. The Morgan fingerprint density at radius 3 is 1.77 bits per heavy atom. The molecule has 6 heteroatoms. The van der Waals surface area contributed by atoms with Crippen LogP contribution in [-0.2, 0) is 11.8 Å². The van der Waals surface area contributed by atoms with Gasteiger partial charge in [-0.25, -0.2) is 4.98 Å². The normalized spacial score (nSPS) is 13.0. The van der Waals surface area contributed by atoms with Crippen LogP contribution in [0, 0.1) is 5.92 Å². The summed E-state index contributed by atoms with van der Waals surface area (Å²) < 4.78 is 11.7. The van der Waals surface area contributed by atoms with Crippen LogP contribution in [-0.4, -0.2) is 20.8 Å². The van der Waals surface area contributed by atoms with Crippen LogP contribution in [0.1, 0.15) is 45.7 Å². The van der Waals surface area contributed by atoms with Crippen molar-refractivity contribution in [1.29, 1.82) is 0 Å². The molecule has 0 amide bonds. The van der Waals surface area contributed by atoms with Gasteiger partial charge in [0, 0.05) is 57.3 Å². The summed E-state index contributed by atoms with van der Waals surface area (Å²) >= 11 is 0. The zero-order valence-electron chi connectivity index (χ0n) is 35.9. The topological polar surface area (TPSA) is 38.5 Å². The molecule has 0 bridgehead atoms. The highest BCUT2D eigenvalue weighted by atomic mass is 16.5. The van der Waals surface area contributed by atoms with E-state index < -0.39 is 0 Å². The maximum Gasteiger partial charge on any atom is 0.137 e. The maximum absolute atomic E-state index is 7.08. The van der Waals surface area contributed by atoms with Crippen molar-refractivity contribution in [2.24, 2.45) is 5.92 Å². The summed E-state index contributed by atoms with van der Waals surface area (Å²) in [6.07, 6.45) is 2.93. The molecule has 4 heterocycles. The largest absolute Gasteiger partial charge is 0.457 e. The van der Waals surface area contributed by atoms with E-state index in [1.807, 2.05) is 6.20 Å². The van der Waals surface area contributed by atoms with Crippen molar-refractivity contribution in [2.45, 2.75) is 46.5 Å². The lowest BCUT2D eigenvalue weighted by molar-refractivity contribution is 0.483. The van der Waals surface area contributed by atoms with Gasteiger partial charge >= 0.3 is 0 Å². The molecule has 0 saturated carbocycles. The monoisotopic (exact) mass is 807 g/mol. The van der Waals surface area contributed by atoms with Crippen molar-refractivity contribution in [3.05, 3.63) is 187 Å². The van der Waals surface area contributed by atoms with E-state index in [1.165, 1.54) is 38.7 Å². The number of nitrogens with zero attached hydrogens (tertiary/aromatic N) is 5. The Bertz CT molecular complexity index is 3280. The average molecular weight is 808 g/mol. The van der Waals surface area contributed by atoms with E-state index in [2.05, 4.69) is 223 Å². The van der Waals surface area contributed by atoms with Gasteiger partial charge in [0.2, 0.25) is 0 Å². The second kappa shape index (κ2) is 14.7. The minimum atomic E-state index is 0.0313. The van der Waals surface area contributed by atoms with Gasteiger partial charge in [-0.15, -0.1) is 0 Å². The van der Waals surface area contributed by atoms with E-state index in [1.54, 1.807) is 0 Å². The van der Waals surface area contributed by atoms with Crippen molar-refractivity contribution < 1.29 is 4.74 Å². The van der Waals surface area contributed by atoms with Gasteiger partial charge in [-0.2, -0.15) is 0 Å². The average Bonchev–Trinajstić information content (AvgIpc) is 3.94. The summed E-state index contributed by atoms with van der Waals surface area (Å²) in [5, 5.41) is 4.78. The van der Waals surface area contributed by atoms with Gasteiger partial charge in [0.15, 0.2) is 0 Å². The predicted molar refractivity (Wildman–Crippen MR) is 259 cm³/mol. The summed E-state index contributed by atoms with van der Waals surface area (Å²) in [7, 11) is 0. The molecular weight excluding hydrogens is 759 g/mol. The highest BCUT2D eigenvalue weighted by Gasteiger charge is 2.30. The molecule has 62 heavy (non-hydrogen) atoms. The van der Waals surface area contributed by atoms with Gasteiger partial charge in [-0.3, -0.25) is 4.57 Å². The van der Waals surface area contributed by atoms with Crippen molar-refractivity contribution in [3.8, 4) is 23.0 Å². The standard InChI is InChI=1S/C56H49N5O/c1-37(2)29-38-27-28-57-55(30-38)61-51-22-11-8-19-47(51)48-26-25-43(35-54(48)61)62-44-33-41(32-42(34-44)60-49-20-9-6-17-45(49)46-18-7-10-21-50(46)60)59-36-58(52-23-12-13-24-53(52)59)40-16-14-15-39(31-40)56(3,4)5/h6-28,30-35,37H,29,36H2,1-5H3. The van der Waals surface area contributed by atoms with Crippen molar-refractivity contribution in [3.63, 3.8) is 0 Å². The molecule has 0 aliphatic carbocycles. The Morgan fingerprint density at radius 2 is 1.11 bits per heavy atom. The van der Waals surface area contributed by atoms with Crippen LogP contribution >= 0.6 is 0 Å². The first-order valence-corrected chi connectivity index (χ1v) is 21.7. The summed E-state index contributed by atoms with van der Waals surface area (Å²) in [5.74, 6) is 2.97. The highest BCUT2D eigenvalue weighted by Crippen LogP contribution is 2.47. The number of anilines is 4. The smallest absolute Gasteiger partial charge is 0.137 e. The summed E-state index contributed by atoms with van der Waals surface area (Å²) in [5.41, 5.74) is 12.7. The quantitative estimate of drug-likeness (QED) is 0.153. The molecule has 304 valence electrons. The Morgan fingerprint density at radius 1 is 0.516 bits per heavy atom. The number of fused-ring (bicyclic) bond motifs is 7. The third kappa shape index (κ3) is 6.45. The summed E-state index contributed by atoms with van der Waals surface area (Å²) in [4.78, 5) is 9.76. The molecule has 10 aromatic rings. The van der Waals surface area contributed by atoms with Gasteiger partial charge in [0.05, 0.1) is 39.1 Å². The van der Waals surface area contributed by atoms with E-state index in [9.17, 15) is 0 Å². The number of ether oxygens (including phenoxy) is 1. The lowest BCUT2D eigenvalue weighted by Crippen LogP contribution is -2.24. The molecular formula is C56H49N5O. The molecule has 1 aliphatic rings. The van der Waals surface area contributed by atoms with Crippen LogP contribution in [0.4, 0.5) is 22.7 Å². The Kier molecular flexibility index (Phi) is 8.93. The maximum atomic E-state index is 7.08. The second-order valence-electron chi connectivity index (χ2n) is 18.1. The first kappa shape index (κ1) is 37.7. The Hall–Kier alpha value is -7.31. The first-order chi connectivity index (χ1) is 30.2. The second-order valence-corrected chi connectivity index (χ2v) is 18.1. The van der Waals surface area contributed by atoms with Crippen LogP contribution in [0.5, 0.6) is 11.5 Å². The number of para-hydroxylation sites is 5. The van der Waals surface area contributed by atoms with Crippen LogP contribution in [0.3, 0.4) is 0 Å². The molecule has 0 atom stereocenters. The van der Waals surface area contributed by atoms with Crippen LogP contribution in [0.25, 0.3) is 55.1 Å². The summed E-state index contributed by atoms with van der Waals surface area (Å²) in [6, 6.07) is 61.2. The molecule has 3 aromatic heterocycles. The van der Waals surface area contributed by atoms with Crippen LogP contribution in [0.2, 0.25) is 0 Å². The van der Waals surface area contributed by atoms with Gasteiger partial charge < -0.3 is 19.1 Å². The summed E-state index contributed by atoms with van der Waals surface area (Å²) in [6.45, 7) is 12.0. The molecule has 0 N–H and O–H groups in total. The van der Waals surface area contributed by atoms with Gasteiger partial charge in [0.25, 0.3) is 0 Å². The van der Waals surface area contributed by atoms with Crippen molar-refractivity contribution in [2.75, 3.05) is 16.5 Å². The highest BCUT2D eigenvalue weighted by molar-refractivity contribution is 6.10. The third-order valence-corrected chi connectivity index (χ3v) is 12.4. The minimum Gasteiger partial charge on any atom is -0.457 e. The lowest BCUT2D eigenvalue weighted by atomic mass is 9.87. The van der Waals surface area contributed by atoms with E-state index in [4.69, 9.17) is 9.72 Å². The van der Waals surface area contributed by atoms with Crippen molar-refractivity contribution in [1.82, 2.24) is 14.1 Å². The number of hydrogen-bond donors (Lipinski definition) is 0. The van der Waals surface area contributed by atoms with Crippen molar-refractivity contribution >= 4 is 66.4 Å². The predicted octanol–water partition coefficient (Wildman–Crippen LogP) is 14.8. The molecule has 7 aromatic carbocycles. The Labute approximate surface area is 362 Å². The number of pyridine rings is 1. The fourth-order valence-electron chi connectivity index (χ4n) is 9.49. The molecule has 0 unspecified atom stereocenters. The van der Waals surface area contributed by atoms with Gasteiger partial charge in [-0.05, 0) is 102 Å². The number of rotatable bonds is 8. The van der Waals surface area contributed by atoms with Crippen LogP contribution in [0.15, 0.2) is 176 Å². The molecule has 1 aliphatic heterocycles. The fourth-order valence-corrected chi connectivity index (χ4v) is 9.49. The molecule has 0 saturated heterocycles. The molecule has 0 spiro atoms. The van der Waals surface area contributed by atoms with Gasteiger partial charge in [0.1, 0.15) is 24.0 Å². The molecule has 11 rings (SSSR count). The molecule has 0 fully saturated rings. The van der Waals surface area contributed by atoms with E-state index >= 15 is 0 Å². The van der Waals surface area contributed by atoms with Crippen LogP contribution < -0.4 is 14.5 Å². The lowest BCUT2D eigenvalue weighted by Gasteiger charge is -2.25. The van der Waals surface area contributed by atoms with E-state index in [0.717, 1.165) is 68.3 Å². The zero-order chi connectivity index (χ0) is 42.1. The number of hydrogen-bond acceptors (Lipinski definition) is 4. The Balaban J connectivity index is 1.08. The van der Waals surface area contributed by atoms with Gasteiger partial charge in [-0.1, -0.05) is 113 Å². The first-order valence-electron chi connectivity index (χ1n) is 21.7. The molecule has 6 nitrogen and oxygen atoms in total. The fraction of sp³-hybridized carbons (Fsp3) is 0.161. The molecule has 0 radical (unpaired) electrons. The third-order valence-electron chi connectivity index (χ3n) is 12.4.